The van der Waals surface area contributed by atoms with Gasteiger partial charge < -0.3 is 8.98 Å². The monoisotopic (exact) mass is 568 g/mol. The number of hydrogen-bond acceptors (Lipinski definition) is 2. The van der Waals surface area contributed by atoms with E-state index in [-0.39, 0.29) is 0 Å². The second kappa shape index (κ2) is 8.82. The maximum absolute atomic E-state index is 8.07. The number of benzene rings is 6. The number of fused-ring (bicyclic) bond motifs is 9. The zero-order valence-corrected chi connectivity index (χ0v) is 24.4. The van der Waals surface area contributed by atoms with E-state index in [9.17, 15) is 0 Å². The fourth-order valence-electron chi connectivity index (χ4n) is 6.71. The average Bonchev–Trinajstić information content (AvgIpc) is 3.69. The van der Waals surface area contributed by atoms with Gasteiger partial charge in [0.2, 0.25) is 5.69 Å². The molecule has 43 heavy (non-hydrogen) atoms. The topological polar surface area (TPSA) is 22.4 Å². The van der Waals surface area contributed by atoms with Crippen molar-refractivity contribution in [2.45, 2.75) is 13.8 Å². The number of aromatic nitrogens is 1. The summed E-state index contributed by atoms with van der Waals surface area (Å²) >= 11 is 1.81. The first kappa shape index (κ1) is 24.2. The quantitative estimate of drug-likeness (QED) is 0.190. The minimum absolute atomic E-state index is 0.527. The lowest BCUT2D eigenvalue weighted by Gasteiger charge is -2.09. The molecule has 0 atom stereocenters. The molecule has 9 aromatic rings. The van der Waals surface area contributed by atoms with E-state index in [1.54, 1.807) is 0 Å². The third-order valence-electron chi connectivity index (χ3n) is 8.71. The summed E-state index contributed by atoms with van der Waals surface area (Å²) in [5.74, 6) is 0. The van der Waals surface area contributed by atoms with Crippen LogP contribution in [0.4, 0.5) is 5.69 Å². The summed E-state index contributed by atoms with van der Waals surface area (Å²) < 4.78 is 11.5. The third kappa shape index (κ3) is 3.46. The van der Waals surface area contributed by atoms with E-state index in [1.807, 2.05) is 17.4 Å². The van der Waals surface area contributed by atoms with Gasteiger partial charge in [-0.1, -0.05) is 65.7 Å². The molecule has 0 bridgehead atoms. The van der Waals surface area contributed by atoms with Crippen LogP contribution in [0.1, 0.15) is 11.1 Å². The largest absolute Gasteiger partial charge is 0.465 e. The van der Waals surface area contributed by atoms with Crippen LogP contribution in [0, 0.1) is 20.4 Å². The molecule has 3 nitrogen and oxygen atoms in total. The van der Waals surface area contributed by atoms with Crippen LogP contribution in [0.2, 0.25) is 0 Å². The van der Waals surface area contributed by atoms with Crippen LogP contribution in [0.25, 0.3) is 85.6 Å². The Morgan fingerprint density at radius 2 is 1.30 bits per heavy atom. The van der Waals surface area contributed by atoms with Gasteiger partial charge in [0.15, 0.2) is 5.58 Å². The molecule has 0 saturated heterocycles. The number of rotatable bonds is 2. The Balaban J connectivity index is 1.31. The molecule has 6 aromatic carbocycles. The first-order chi connectivity index (χ1) is 21.1. The Morgan fingerprint density at radius 3 is 2.07 bits per heavy atom. The molecule has 4 heteroatoms. The minimum Gasteiger partial charge on any atom is -0.465 e. The summed E-state index contributed by atoms with van der Waals surface area (Å²) in [5, 5.41) is 6.99. The highest BCUT2D eigenvalue weighted by Crippen LogP contribution is 2.44. The van der Waals surface area contributed by atoms with Gasteiger partial charge in [-0.15, -0.1) is 11.3 Å². The second-order valence-electron chi connectivity index (χ2n) is 11.4. The van der Waals surface area contributed by atoms with Crippen LogP contribution in [0.3, 0.4) is 0 Å². The molecule has 0 unspecified atom stereocenters. The van der Waals surface area contributed by atoms with Crippen molar-refractivity contribution in [1.29, 1.82) is 0 Å². The second-order valence-corrected chi connectivity index (χ2v) is 12.5. The van der Waals surface area contributed by atoms with Gasteiger partial charge in [0.05, 0.1) is 23.3 Å². The lowest BCUT2D eigenvalue weighted by Crippen LogP contribution is -1.94. The summed E-state index contributed by atoms with van der Waals surface area (Å²) in [6, 6.07) is 38.9. The standard InChI is InChI=1S/C39H24N2OS/c1-22-11-15-33-29(17-22)30-18-23(2)12-16-34(30)41(33)35-9-6-8-28-31-19-25(20-32(40-3)38(31)42-39(28)35)24-13-14-27-26-7-4-5-10-36(26)43-37(27)21-24/h4-21H,1-2H3. The van der Waals surface area contributed by atoms with E-state index in [0.29, 0.717) is 11.3 Å². The molecule has 0 spiro atoms. The Bertz CT molecular complexity index is 2600. The lowest BCUT2D eigenvalue weighted by molar-refractivity contribution is 0.668. The molecule has 0 fully saturated rings. The van der Waals surface area contributed by atoms with Crippen LogP contribution < -0.4 is 0 Å². The van der Waals surface area contributed by atoms with Gasteiger partial charge in [-0.2, -0.15) is 0 Å². The van der Waals surface area contributed by atoms with E-state index in [1.165, 1.54) is 42.1 Å². The molecule has 0 amide bonds. The van der Waals surface area contributed by atoms with Gasteiger partial charge in [-0.05, 0) is 79.6 Å². The van der Waals surface area contributed by atoms with E-state index in [2.05, 4.69) is 126 Å². The Hall–Kier alpha value is -5.37. The molecule has 0 N–H and O–H groups in total. The highest BCUT2D eigenvalue weighted by atomic mass is 32.1. The summed E-state index contributed by atoms with van der Waals surface area (Å²) in [6.07, 6.45) is 0. The van der Waals surface area contributed by atoms with Crippen LogP contribution in [-0.4, -0.2) is 4.57 Å². The van der Waals surface area contributed by atoms with E-state index in [4.69, 9.17) is 11.0 Å². The molecular formula is C39H24N2OS. The van der Waals surface area contributed by atoms with Gasteiger partial charge in [-0.3, -0.25) is 0 Å². The predicted octanol–water partition coefficient (Wildman–Crippen LogP) is 11.9. The summed E-state index contributed by atoms with van der Waals surface area (Å²) in [5.41, 5.74) is 9.80. The number of aryl methyl sites for hydroxylation is 2. The molecule has 202 valence electrons. The maximum atomic E-state index is 8.07. The number of nitrogens with zero attached hydrogens (tertiary/aromatic N) is 2. The van der Waals surface area contributed by atoms with E-state index < -0.39 is 0 Å². The predicted molar refractivity (Wildman–Crippen MR) is 182 cm³/mol. The summed E-state index contributed by atoms with van der Waals surface area (Å²) in [7, 11) is 0. The minimum atomic E-state index is 0.527. The zero-order chi connectivity index (χ0) is 28.8. The fourth-order valence-corrected chi connectivity index (χ4v) is 7.85. The fraction of sp³-hybridized carbons (Fsp3) is 0.0513. The van der Waals surface area contributed by atoms with Crippen LogP contribution >= 0.6 is 11.3 Å². The molecule has 3 heterocycles. The van der Waals surface area contributed by atoms with Crippen molar-refractivity contribution in [2.75, 3.05) is 0 Å². The number of hydrogen-bond donors (Lipinski definition) is 0. The average molecular weight is 569 g/mol. The molecular weight excluding hydrogens is 545 g/mol. The third-order valence-corrected chi connectivity index (χ3v) is 9.84. The molecule has 0 aliphatic carbocycles. The molecule has 0 saturated carbocycles. The van der Waals surface area contributed by atoms with Gasteiger partial charge >= 0.3 is 0 Å². The Labute approximate surface area is 251 Å². The van der Waals surface area contributed by atoms with E-state index >= 15 is 0 Å². The summed E-state index contributed by atoms with van der Waals surface area (Å²) in [6.45, 7) is 12.4. The van der Waals surface area contributed by atoms with Crippen molar-refractivity contribution >= 4 is 80.9 Å². The van der Waals surface area contributed by atoms with Gasteiger partial charge in [0.1, 0.15) is 5.58 Å². The van der Waals surface area contributed by atoms with Crippen molar-refractivity contribution in [3.05, 3.63) is 132 Å². The number of thiophene rings is 1. The Morgan fingerprint density at radius 1 is 0.581 bits per heavy atom. The highest BCUT2D eigenvalue weighted by Gasteiger charge is 2.20. The molecule has 0 aliphatic rings. The van der Waals surface area contributed by atoms with Crippen molar-refractivity contribution < 1.29 is 4.42 Å². The van der Waals surface area contributed by atoms with E-state index in [0.717, 1.165) is 44.2 Å². The van der Waals surface area contributed by atoms with Gasteiger partial charge in [0, 0.05) is 41.7 Å². The normalized spacial score (nSPS) is 11.9. The number of para-hydroxylation sites is 1. The van der Waals surface area contributed by atoms with Gasteiger partial charge in [-0.25, -0.2) is 4.85 Å². The number of furan rings is 1. The van der Waals surface area contributed by atoms with Crippen LogP contribution in [-0.2, 0) is 0 Å². The highest BCUT2D eigenvalue weighted by molar-refractivity contribution is 7.25. The van der Waals surface area contributed by atoms with Crippen LogP contribution in [0.15, 0.2) is 114 Å². The Kier molecular flexibility index (Phi) is 4.97. The zero-order valence-electron chi connectivity index (χ0n) is 23.6. The van der Waals surface area contributed by atoms with Crippen molar-refractivity contribution in [2.24, 2.45) is 0 Å². The lowest BCUT2D eigenvalue weighted by atomic mass is 10.0. The molecule has 0 radical (unpaired) electrons. The first-order valence-electron chi connectivity index (χ1n) is 14.4. The van der Waals surface area contributed by atoms with Crippen molar-refractivity contribution in [1.82, 2.24) is 4.57 Å². The molecule has 3 aromatic heterocycles. The SMILES string of the molecule is [C-]#[N+]c1cc(-c2ccc3c(c2)sc2ccccc23)cc2c1oc1c(-n3c4ccc(C)cc4c4cc(C)ccc43)cccc12. The maximum Gasteiger partial charge on any atom is 0.230 e. The van der Waals surface area contributed by atoms with Gasteiger partial charge in [0.25, 0.3) is 0 Å². The summed E-state index contributed by atoms with van der Waals surface area (Å²) in [4.78, 5) is 3.94. The van der Waals surface area contributed by atoms with Crippen molar-refractivity contribution in [3.8, 4) is 16.8 Å². The molecule has 9 rings (SSSR count). The smallest absolute Gasteiger partial charge is 0.230 e. The molecule has 0 aliphatic heterocycles. The van der Waals surface area contributed by atoms with Crippen molar-refractivity contribution in [3.63, 3.8) is 0 Å². The van der Waals surface area contributed by atoms with Crippen LogP contribution in [0.5, 0.6) is 0 Å². The first-order valence-corrected chi connectivity index (χ1v) is 15.2.